The summed E-state index contributed by atoms with van der Waals surface area (Å²) < 4.78 is 0. The Kier molecular flexibility index (Phi) is 2.56. The van der Waals surface area contributed by atoms with E-state index in [9.17, 15) is 9.59 Å². The third-order valence-electron chi connectivity index (χ3n) is 3.10. The molecule has 1 aliphatic rings. The molecular formula is C10H17NO3. The van der Waals surface area contributed by atoms with Gasteiger partial charge in [0.15, 0.2) is 0 Å². The summed E-state index contributed by atoms with van der Waals surface area (Å²) in [6.07, 6.45) is 0.864. The summed E-state index contributed by atoms with van der Waals surface area (Å²) in [4.78, 5) is 23.7. The van der Waals surface area contributed by atoms with Crippen LogP contribution in [0.15, 0.2) is 0 Å². The Morgan fingerprint density at radius 1 is 1.50 bits per heavy atom. The topological polar surface area (TPSA) is 57.6 Å². The predicted octanol–water partition coefficient (Wildman–Crippen LogP) is 0.964. The van der Waals surface area contributed by atoms with Gasteiger partial charge in [-0.05, 0) is 18.8 Å². The van der Waals surface area contributed by atoms with Gasteiger partial charge in [-0.1, -0.05) is 13.8 Å². The van der Waals surface area contributed by atoms with Gasteiger partial charge < -0.3 is 10.0 Å². The minimum absolute atomic E-state index is 0.00861. The fourth-order valence-corrected chi connectivity index (χ4v) is 1.49. The smallest absolute Gasteiger partial charge is 0.326 e. The molecule has 0 heterocycles. The number of carboxylic acids is 1. The fourth-order valence-electron chi connectivity index (χ4n) is 1.49. The van der Waals surface area contributed by atoms with Crippen molar-refractivity contribution in [2.75, 3.05) is 7.05 Å². The predicted molar refractivity (Wildman–Crippen MR) is 51.8 cm³/mol. The van der Waals surface area contributed by atoms with Crippen LogP contribution in [0.5, 0.6) is 0 Å². The molecule has 2 unspecified atom stereocenters. The van der Waals surface area contributed by atoms with Gasteiger partial charge >= 0.3 is 5.97 Å². The standard InChI is InChI=1S/C10H17NO3/c1-6(9(13)14)11(4)8(12)7-5-10(7,2)3/h6-7H,5H2,1-4H3,(H,13,14). The summed E-state index contributed by atoms with van der Waals surface area (Å²) in [5.74, 6) is -1.00. The second-order valence-electron chi connectivity index (χ2n) is 4.71. The van der Waals surface area contributed by atoms with Crippen molar-refractivity contribution >= 4 is 11.9 Å². The average molecular weight is 199 g/mol. The van der Waals surface area contributed by atoms with Crippen molar-refractivity contribution in [3.8, 4) is 0 Å². The average Bonchev–Trinajstić information content (AvgIpc) is 2.71. The largest absolute Gasteiger partial charge is 0.480 e. The van der Waals surface area contributed by atoms with Crippen LogP contribution in [0.3, 0.4) is 0 Å². The molecule has 14 heavy (non-hydrogen) atoms. The summed E-state index contributed by atoms with van der Waals surface area (Å²) in [5.41, 5.74) is 0.0591. The number of likely N-dealkylation sites (N-methyl/N-ethyl adjacent to an activating group) is 1. The van der Waals surface area contributed by atoms with E-state index in [0.29, 0.717) is 0 Å². The summed E-state index contributed by atoms with van der Waals surface area (Å²) >= 11 is 0. The number of nitrogens with zero attached hydrogens (tertiary/aromatic N) is 1. The van der Waals surface area contributed by atoms with E-state index in [1.165, 1.54) is 11.8 Å². The SMILES string of the molecule is CC(C(=O)O)N(C)C(=O)C1CC1(C)C. The van der Waals surface area contributed by atoms with Crippen LogP contribution in [0.1, 0.15) is 27.2 Å². The first-order valence-corrected chi connectivity index (χ1v) is 4.77. The molecule has 0 aromatic heterocycles. The maximum atomic E-state index is 11.7. The zero-order chi connectivity index (χ0) is 11.1. The number of hydrogen-bond donors (Lipinski definition) is 1. The Hall–Kier alpha value is -1.06. The van der Waals surface area contributed by atoms with Crippen molar-refractivity contribution in [1.29, 1.82) is 0 Å². The first-order chi connectivity index (χ1) is 6.27. The summed E-state index contributed by atoms with van der Waals surface area (Å²) in [5, 5.41) is 8.74. The van der Waals surface area contributed by atoms with Crippen molar-refractivity contribution in [2.45, 2.75) is 33.2 Å². The van der Waals surface area contributed by atoms with E-state index in [1.807, 2.05) is 13.8 Å². The quantitative estimate of drug-likeness (QED) is 0.736. The summed E-state index contributed by atoms with van der Waals surface area (Å²) in [7, 11) is 1.55. The molecule has 4 nitrogen and oxygen atoms in total. The molecule has 0 spiro atoms. The first-order valence-electron chi connectivity index (χ1n) is 4.77. The second kappa shape index (κ2) is 3.26. The number of carboxylic acid groups (broad SMARTS) is 1. The highest BCUT2D eigenvalue weighted by Gasteiger charge is 2.52. The molecule has 0 saturated heterocycles. The van der Waals surface area contributed by atoms with Crippen LogP contribution in [-0.2, 0) is 9.59 Å². The zero-order valence-electron chi connectivity index (χ0n) is 9.07. The number of carbonyl (C=O) groups is 2. The highest BCUT2D eigenvalue weighted by Crippen LogP contribution is 2.52. The lowest BCUT2D eigenvalue weighted by Gasteiger charge is -2.22. The van der Waals surface area contributed by atoms with Gasteiger partial charge in [-0.3, -0.25) is 4.79 Å². The fraction of sp³-hybridized carbons (Fsp3) is 0.800. The highest BCUT2D eigenvalue weighted by molar-refractivity contribution is 5.86. The number of aliphatic carboxylic acids is 1. The van der Waals surface area contributed by atoms with Crippen molar-refractivity contribution in [2.24, 2.45) is 11.3 Å². The Balaban J connectivity index is 2.58. The molecule has 0 bridgehead atoms. The number of hydrogen-bond acceptors (Lipinski definition) is 2. The van der Waals surface area contributed by atoms with Crippen LogP contribution in [0.4, 0.5) is 0 Å². The maximum absolute atomic E-state index is 11.7. The Morgan fingerprint density at radius 3 is 2.21 bits per heavy atom. The van der Waals surface area contributed by atoms with E-state index in [1.54, 1.807) is 7.05 Å². The molecule has 80 valence electrons. The van der Waals surface area contributed by atoms with Crippen molar-refractivity contribution < 1.29 is 14.7 Å². The molecular weight excluding hydrogens is 182 g/mol. The monoisotopic (exact) mass is 199 g/mol. The molecule has 1 saturated carbocycles. The van der Waals surface area contributed by atoms with Gasteiger partial charge in [0.25, 0.3) is 0 Å². The van der Waals surface area contributed by atoms with E-state index in [0.717, 1.165) is 6.42 Å². The number of rotatable bonds is 3. The van der Waals surface area contributed by atoms with E-state index < -0.39 is 12.0 Å². The summed E-state index contributed by atoms with van der Waals surface area (Å²) in [6.45, 7) is 5.57. The third-order valence-corrected chi connectivity index (χ3v) is 3.10. The van der Waals surface area contributed by atoms with Crippen molar-refractivity contribution in [3.05, 3.63) is 0 Å². The minimum atomic E-state index is -0.959. The van der Waals surface area contributed by atoms with Crippen molar-refractivity contribution in [1.82, 2.24) is 4.90 Å². The van der Waals surface area contributed by atoms with E-state index >= 15 is 0 Å². The third kappa shape index (κ3) is 1.89. The van der Waals surface area contributed by atoms with Gasteiger partial charge in [0.05, 0.1) is 0 Å². The molecule has 1 aliphatic carbocycles. The molecule has 0 aromatic rings. The number of carbonyl (C=O) groups excluding carboxylic acids is 1. The van der Waals surface area contributed by atoms with Gasteiger partial charge in [0, 0.05) is 13.0 Å². The first kappa shape index (κ1) is 11.0. The maximum Gasteiger partial charge on any atom is 0.326 e. The second-order valence-corrected chi connectivity index (χ2v) is 4.71. The van der Waals surface area contributed by atoms with E-state index in [-0.39, 0.29) is 17.2 Å². The van der Waals surface area contributed by atoms with E-state index in [4.69, 9.17) is 5.11 Å². The van der Waals surface area contributed by atoms with Crippen molar-refractivity contribution in [3.63, 3.8) is 0 Å². The minimum Gasteiger partial charge on any atom is -0.480 e. The Morgan fingerprint density at radius 2 is 1.93 bits per heavy atom. The molecule has 2 atom stereocenters. The number of amides is 1. The van der Waals surface area contributed by atoms with E-state index in [2.05, 4.69) is 0 Å². The van der Waals surface area contributed by atoms with Gasteiger partial charge in [-0.2, -0.15) is 0 Å². The van der Waals surface area contributed by atoms with Crippen LogP contribution in [-0.4, -0.2) is 35.0 Å². The molecule has 1 amide bonds. The molecule has 1 N–H and O–H groups in total. The van der Waals surface area contributed by atoms with Gasteiger partial charge in [0.1, 0.15) is 6.04 Å². The summed E-state index contributed by atoms with van der Waals surface area (Å²) in [6, 6.07) is -0.737. The van der Waals surface area contributed by atoms with Gasteiger partial charge in [-0.15, -0.1) is 0 Å². The van der Waals surface area contributed by atoms with Crippen LogP contribution in [0.2, 0.25) is 0 Å². The molecule has 1 rings (SSSR count). The normalized spacial score (nSPS) is 25.3. The molecule has 0 aliphatic heterocycles. The van der Waals surface area contributed by atoms with Crippen LogP contribution in [0, 0.1) is 11.3 Å². The lowest BCUT2D eigenvalue weighted by molar-refractivity contribution is -0.149. The molecule has 4 heteroatoms. The molecule has 0 aromatic carbocycles. The lowest BCUT2D eigenvalue weighted by atomic mass is 10.1. The van der Waals surface area contributed by atoms with Crippen LogP contribution in [0.25, 0.3) is 0 Å². The van der Waals surface area contributed by atoms with Gasteiger partial charge in [-0.25, -0.2) is 4.79 Å². The molecule has 0 radical (unpaired) electrons. The van der Waals surface area contributed by atoms with Crippen LogP contribution >= 0.6 is 0 Å². The zero-order valence-corrected chi connectivity index (χ0v) is 9.07. The van der Waals surface area contributed by atoms with Crippen LogP contribution < -0.4 is 0 Å². The Labute approximate surface area is 83.9 Å². The highest BCUT2D eigenvalue weighted by atomic mass is 16.4. The molecule has 1 fully saturated rings. The van der Waals surface area contributed by atoms with Gasteiger partial charge in [0.2, 0.25) is 5.91 Å². The lowest BCUT2D eigenvalue weighted by Crippen LogP contribution is -2.41. The Bertz CT molecular complexity index is 273.